The van der Waals surface area contributed by atoms with Crippen LogP contribution in [-0.4, -0.2) is 8.07 Å². The van der Waals surface area contributed by atoms with Gasteiger partial charge in [-0.3, -0.25) is 0 Å². The molecule has 0 fully saturated rings. The molecule has 0 amide bonds. The molecule has 0 bridgehead atoms. The maximum Gasteiger partial charge on any atom is 2.00 e. The first-order valence-corrected chi connectivity index (χ1v) is 15.5. The predicted molar refractivity (Wildman–Crippen MR) is 156 cm³/mol. The first kappa shape index (κ1) is 24.9. The number of hydrogen-bond donors (Lipinski definition) is 0. The molecule has 0 heterocycles. The van der Waals surface area contributed by atoms with E-state index in [-0.39, 0.29) is 26.2 Å². The van der Waals surface area contributed by atoms with Crippen LogP contribution in [0.15, 0.2) is 109 Å². The molecule has 174 valence electrons. The normalized spacial score (nSPS) is 11.7. The third kappa shape index (κ3) is 3.92. The van der Waals surface area contributed by atoms with Gasteiger partial charge in [0.2, 0.25) is 0 Å². The van der Waals surface area contributed by atoms with Gasteiger partial charge in [0.1, 0.15) is 0 Å². The zero-order chi connectivity index (χ0) is 24.2. The Bertz CT molecular complexity index is 1540. The average molecular weight is 558 g/mol. The summed E-state index contributed by atoms with van der Waals surface area (Å²) in [5.41, 5.74) is 8.14. The Balaban J connectivity index is 0.00000267. The van der Waals surface area contributed by atoms with Crippen molar-refractivity contribution >= 4 is 40.0 Å². The van der Waals surface area contributed by atoms with Crippen LogP contribution in [0.3, 0.4) is 0 Å². The van der Waals surface area contributed by atoms with Crippen molar-refractivity contribution < 1.29 is 26.2 Å². The maximum absolute atomic E-state index is 2.56. The Labute approximate surface area is 234 Å². The van der Waals surface area contributed by atoms with Crippen molar-refractivity contribution in [2.45, 2.75) is 26.9 Å². The molecule has 0 unspecified atom stereocenters. The van der Waals surface area contributed by atoms with Gasteiger partial charge in [0.05, 0.1) is 0 Å². The monoisotopic (exact) mass is 556 g/mol. The Kier molecular flexibility index (Phi) is 6.62. The van der Waals surface area contributed by atoms with Crippen LogP contribution in [0, 0.1) is 13.8 Å². The first-order valence-electron chi connectivity index (χ1n) is 12.5. The molecule has 2 heteroatoms. The zero-order valence-electron chi connectivity index (χ0n) is 21.4. The summed E-state index contributed by atoms with van der Waals surface area (Å²) >= 11 is 0. The number of benzene rings is 4. The fourth-order valence-corrected chi connectivity index (χ4v) is 10.6. The largest absolute Gasteiger partial charge is 2.00 e. The molecule has 0 aliphatic rings. The van der Waals surface area contributed by atoms with E-state index in [4.69, 9.17) is 0 Å². The van der Waals surface area contributed by atoms with E-state index in [2.05, 4.69) is 136 Å². The second-order valence-electron chi connectivity index (χ2n) is 10.3. The third-order valence-electron chi connectivity index (χ3n) is 7.65. The van der Waals surface area contributed by atoms with Crippen molar-refractivity contribution in [1.29, 1.82) is 0 Å². The summed E-state index contributed by atoms with van der Waals surface area (Å²) in [6, 6.07) is 40.2. The van der Waals surface area contributed by atoms with Crippen molar-refractivity contribution in [2.24, 2.45) is 0 Å². The summed E-state index contributed by atoms with van der Waals surface area (Å²) in [7, 11) is -2.10. The number of aryl methyl sites for hydroxylation is 2. The minimum absolute atomic E-state index is 0. The van der Waals surface area contributed by atoms with Crippen molar-refractivity contribution in [3.05, 3.63) is 120 Å². The van der Waals surface area contributed by atoms with Gasteiger partial charge in [0, 0.05) is 8.07 Å². The molecule has 0 spiro atoms. The van der Waals surface area contributed by atoms with Crippen molar-refractivity contribution in [3.8, 4) is 22.3 Å². The Morgan fingerprint density at radius 3 is 1.28 bits per heavy atom. The number of rotatable bonds is 4. The van der Waals surface area contributed by atoms with Crippen LogP contribution < -0.4 is 10.4 Å². The topological polar surface area (TPSA) is 0 Å². The summed E-state index contributed by atoms with van der Waals surface area (Å²) in [6.45, 7) is 9.75. The van der Waals surface area contributed by atoms with Crippen LogP contribution in [0.1, 0.15) is 11.1 Å². The van der Waals surface area contributed by atoms with E-state index in [1.54, 1.807) is 10.4 Å². The van der Waals surface area contributed by atoms with Gasteiger partial charge < -0.3 is 0 Å². The molecule has 0 atom stereocenters. The van der Waals surface area contributed by atoms with Gasteiger partial charge in [0.15, 0.2) is 0 Å². The van der Waals surface area contributed by atoms with Crippen molar-refractivity contribution in [2.75, 3.05) is 0 Å². The van der Waals surface area contributed by atoms with Crippen LogP contribution in [0.5, 0.6) is 0 Å². The standard InChI is InChI=1S/C34H30Si.Zr/c1-23-21-27-17-11-19-29(25-13-7-5-8-14-25)31(27)33(23)35(3,4)34-24(2)22-28-18-12-20-30(32(28)34)26-15-9-6-10-16-26;/h5-22H,1-4H3;/q-2;+2. The molecule has 0 aromatic heterocycles. The molecule has 0 aliphatic heterocycles. The van der Waals surface area contributed by atoms with Crippen LogP contribution in [-0.2, 0) is 26.2 Å². The second kappa shape index (κ2) is 9.58. The molecule has 0 saturated heterocycles. The van der Waals surface area contributed by atoms with Crippen LogP contribution in [0.25, 0.3) is 43.8 Å². The minimum Gasteiger partial charge on any atom is -0.158 e. The van der Waals surface area contributed by atoms with Crippen LogP contribution >= 0.6 is 0 Å². The number of fused-ring (bicyclic) bond motifs is 2. The van der Waals surface area contributed by atoms with E-state index in [1.165, 1.54) is 54.9 Å². The van der Waals surface area contributed by atoms with E-state index in [9.17, 15) is 0 Å². The molecular formula is C34H30SiZr. The van der Waals surface area contributed by atoms with Crippen LogP contribution in [0.2, 0.25) is 13.1 Å². The smallest absolute Gasteiger partial charge is 0.158 e. The van der Waals surface area contributed by atoms with Gasteiger partial charge in [-0.2, -0.15) is 10.4 Å². The summed E-state index contributed by atoms with van der Waals surface area (Å²) < 4.78 is 0. The first-order chi connectivity index (χ1) is 17.0. The summed E-state index contributed by atoms with van der Waals surface area (Å²) in [5.74, 6) is 0. The Morgan fingerprint density at radius 2 is 0.889 bits per heavy atom. The predicted octanol–water partition coefficient (Wildman–Crippen LogP) is 8.20. The van der Waals surface area contributed by atoms with E-state index in [0.717, 1.165) is 0 Å². The Morgan fingerprint density at radius 1 is 0.500 bits per heavy atom. The van der Waals surface area contributed by atoms with Gasteiger partial charge in [-0.05, 0) is 11.1 Å². The quantitative estimate of drug-likeness (QED) is 0.151. The molecule has 0 nitrogen and oxygen atoms in total. The molecule has 6 aromatic rings. The second-order valence-corrected chi connectivity index (χ2v) is 14.6. The van der Waals surface area contributed by atoms with Crippen molar-refractivity contribution in [1.82, 2.24) is 0 Å². The molecular weight excluding hydrogens is 528 g/mol. The van der Waals surface area contributed by atoms with Crippen LogP contribution in [0.4, 0.5) is 0 Å². The molecule has 0 radical (unpaired) electrons. The summed E-state index contributed by atoms with van der Waals surface area (Å²) in [4.78, 5) is 0. The molecule has 36 heavy (non-hydrogen) atoms. The SMILES string of the molecule is Cc1[cH-]c2cccc(-c3ccccc3)c2c1[Si](C)(C)c1c(C)[cH-]c2cccc(-c3ccccc3)c12.[Zr+2]. The summed E-state index contributed by atoms with van der Waals surface area (Å²) in [5, 5.41) is 8.75. The summed E-state index contributed by atoms with van der Waals surface area (Å²) in [6.07, 6.45) is 0. The van der Waals surface area contributed by atoms with E-state index in [0.29, 0.717) is 0 Å². The van der Waals surface area contributed by atoms with Crippen molar-refractivity contribution in [3.63, 3.8) is 0 Å². The fraction of sp³-hybridized carbons (Fsp3) is 0.118. The van der Waals surface area contributed by atoms with Gasteiger partial charge in [-0.25, -0.2) is 0 Å². The Hall–Kier alpha value is -2.80. The molecule has 6 rings (SSSR count). The molecule has 0 saturated carbocycles. The maximum atomic E-state index is 2.56. The minimum atomic E-state index is -2.10. The zero-order valence-corrected chi connectivity index (χ0v) is 24.9. The molecule has 0 aliphatic carbocycles. The van der Waals surface area contributed by atoms with E-state index < -0.39 is 8.07 Å². The van der Waals surface area contributed by atoms with Gasteiger partial charge >= 0.3 is 26.2 Å². The molecule has 6 aromatic carbocycles. The third-order valence-corrected chi connectivity index (χ3v) is 11.4. The van der Waals surface area contributed by atoms with E-state index in [1.807, 2.05) is 0 Å². The van der Waals surface area contributed by atoms with Gasteiger partial charge in [-0.15, -0.1) is 69.1 Å². The van der Waals surface area contributed by atoms with Gasteiger partial charge in [0.25, 0.3) is 0 Å². The fourth-order valence-electron chi connectivity index (χ4n) is 6.40. The number of hydrogen-bond acceptors (Lipinski definition) is 0. The van der Waals surface area contributed by atoms with Gasteiger partial charge in [-0.1, -0.05) is 111 Å². The molecule has 0 N–H and O–H groups in total. The van der Waals surface area contributed by atoms with E-state index >= 15 is 0 Å². The average Bonchev–Trinajstić information content (AvgIpc) is 3.41.